The van der Waals surface area contributed by atoms with Crippen LogP contribution < -0.4 is 10.9 Å². The molecule has 7 nitrogen and oxygen atoms in total. The third kappa shape index (κ3) is 3.10. The fraction of sp³-hybridized carbons (Fsp3) is 0.333. The van der Waals surface area contributed by atoms with Crippen molar-refractivity contribution in [1.82, 2.24) is 14.9 Å². The van der Waals surface area contributed by atoms with Gasteiger partial charge in [-0.05, 0) is 44.9 Å². The minimum Gasteiger partial charge on any atom is -0.360 e. The summed E-state index contributed by atoms with van der Waals surface area (Å²) >= 11 is 6.01. The van der Waals surface area contributed by atoms with E-state index in [0.29, 0.717) is 34.0 Å². The Balaban J connectivity index is 2.02. The third-order valence-electron chi connectivity index (χ3n) is 4.33. The Morgan fingerprint density at radius 3 is 2.77 bits per heavy atom. The molecule has 0 aliphatic heterocycles. The van der Waals surface area contributed by atoms with E-state index in [0.717, 1.165) is 5.56 Å². The van der Waals surface area contributed by atoms with Crippen LogP contribution in [0.2, 0.25) is 5.02 Å². The van der Waals surface area contributed by atoms with E-state index in [4.69, 9.17) is 16.1 Å². The van der Waals surface area contributed by atoms with Crippen LogP contribution in [0.25, 0.3) is 10.9 Å². The smallest absolute Gasteiger partial charge is 0.297 e. The summed E-state index contributed by atoms with van der Waals surface area (Å²) in [6.45, 7) is 7.16. The Morgan fingerprint density at radius 2 is 2.08 bits per heavy atom. The van der Waals surface area contributed by atoms with Gasteiger partial charge in [0.2, 0.25) is 5.91 Å². The van der Waals surface area contributed by atoms with Crippen LogP contribution in [0, 0.1) is 20.8 Å². The van der Waals surface area contributed by atoms with Gasteiger partial charge in [0.25, 0.3) is 5.56 Å². The number of rotatable bonds is 4. The Morgan fingerprint density at radius 1 is 1.35 bits per heavy atom. The highest BCUT2D eigenvalue weighted by Crippen LogP contribution is 2.23. The standard InChI is InChI=1S/C18H19ClN4O3/c1-5-14(17(24)20-13-8-12(19)7-6-9(13)2)23-18(25)16-15(10(3)21-23)11(4)26-22-16/h6-8,14H,5H2,1-4H3,(H,20,24)/t14-/m0/s1. The van der Waals surface area contributed by atoms with Gasteiger partial charge >= 0.3 is 0 Å². The van der Waals surface area contributed by atoms with Crippen LogP contribution in [0.3, 0.4) is 0 Å². The molecule has 0 unspecified atom stereocenters. The number of nitrogens with zero attached hydrogens (tertiary/aromatic N) is 3. The van der Waals surface area contributed by atoms with E-state index in [1.165, 1.54) is 4.68 Å². The molecule has 8 heteroatoms. The van der Waals surface area contributed by atoms with Crippen LogP contribution in [-0.4, -0.2) is 20.8 Å². The summed E-state index contributed by atoms with van der Waals surface area (Å²) in [6, 6.07) is 4.46. The molecule has 0 bridgehead atoms. The molecule has 0 saturated carbocycles. The molecule has 0 radical (unpaired) electrons. The zero-order valence-electron chi connectivity index (χ0n) is 15.0. The Bertz CT molecular complexity index is 1050. The monoisotopic (exact) mass is 374 g/mol. The lowest BCUT2D eigenvalue weighted by Crippen LogP contribution is -2.35. The van der Waals surface area contributed by atoms with Crippen molar-refractivity contribution in [1.29, 1.82) is 0 Å². The SMILES string of the molecule is CC[C@@H](C(=O)Nc1cc(Cl)ccc1C)n1nc(C)c2c(C)onc2c1=O. The molecule has 1 atom stereocenters. The predicted molar refractivity (Wildman–Crippen MR) is 99.7 cm³/mol. The summed E-state index contributed by atoms with van der Waals surface area (Å²) in [5, 5.41) is 12.1. The second-order valence-electron chi connectivity index (χ2n) is 6.17. The molecule has 0 spiro atoms. The van der Waals surface area contributed by atoms with Crippen LogP contribution in [0.4, 0.5) is 5.69 Å². The highest BCUT2D eigenvalue weighted by molar-refractivity contribution is 6.31. The molecule has 0 saturated heterocycles. The number of amides is 1. The molecule has 0 fully saturated rings. The number of halogens is 1. The van der Waals surface area contributed by atoms with Crippen molar-refractivity contribution in [3.8, 4) is 0 Å². The number of benzene rings is 1. The minimum absolute atomic E-state index is 0.181. The van der Waals surface area contributed by atoms with Gasteiger partial charge in [-0.15, -0.1) is 0 Å². The molecule has 1 N–H and O–H groups in total. The summed E-state index contributed by atoms with van der Waals surface area (Å²) < 4.78 is 6.29. The Kier molecular flexibility index (Phi) is 4.82. The zero-order valence-corrected chi connectivity index (χ0v) is 15.7. The van der Waals surface area contributed by atoms with E-state index in [2.05, 4.69) is 15.6 Å². The van der Waals surface area contributed by atoms with Gasteiger partial charge in [-0.25, -0.2) is 4.68 Å². The number of nitrogens with one attached hydrogen (secondary N) is 1. The van der Waals surface area contributed by atoms with Crippen LogP contribution in [-0.2, 0) is 4.79 Å². The number of hydrogen-bond acceptors (Lipinski definition) is 5. The van der Waals surface area contributed by atoms with Gasteiger partial charge < -0.3 is 9.84 Å². The molecular weight excluding hydrogens is 356 g/mol. The summed E-state index contributed by atoms with van der Waals surface area (Å²) in [5.41, 5.74) is 1.79. The van der Waals surface area contributed by atoms with Gasteiger partial charge in [-0.2, -0.15) is 5.10 Å². The summed E-state index contributed by atoms with van der Waals surface area (Å²) in [6.07, 6.45) is 0.389. The van der Waals surface area contributed by atoms with E-state index in [-0.39, 0.29) is 11.4 Å². The van der Waals surface area contributed by atoms with Gasteiger partial charge in [0.15, 0.2) is 5.52 Å². The molecule has 2 aromatic heterocycles. The third-order valence-corrected chi connectivity index (χ3v) is 4.57. The van der Waals surface area contributed by atoms with E-state index >= 15 is 0 Å². The number of carbonyl (C=O) groups is 1. The summed E-state index contributed by atoms with van der Waals surface area (Å²) in [4.78, 5) is 25.6. The Hall–Kier alpha value is -2.67. The lowest BCUT2D eigenvalue weighted by molar-refractivity contribution is -0.119. The van der Waals surface area contributed by atoms with Crippen molar-refractivity contribution in [3.05, 3.63) is 50.6 Å². The molecule has 1 aromatic carbocycles. The molecule has 3 aromatic rings. The molecule has 0 aliphatic rings. The van der Waals surface area contributed by atoms with Gasteiger partial charge in [0.05, 0.1) is 11.1 Å². The number of carbonyl (C=O) groups excluding carboxylic acids is 1. The molecule has 0 aliphatic carbocycles. The normalized spacial score (nSPS) is 12.3. The second kappa shape index (κ2) is 6.92. The molecule has 26 heavy (non-hydrogen) atoms. The second-order valence-corrected chi connectivity index (χ2v) is 6.61. The lowest BCUT2D eigenvalue weighted by atomic mass is 10.1. The lowest BCUT2D eigenvalue weighted by Gasteiger charge is -2.18. The number of anilines is 1. The van der Waals surface area contributed by atoms with Crippen molar-refractivity contribution < 1.29 is 9.32 Å². The maximum atomic E-state index is 12.8. The van der Waals surface area contributed by atoms with Gasteiger partial charge in [-0.3, -0.25) is 9.59 Å². The number of aromatic nitrogens is 3. The fourth-order valence-electron chi connectivity index (χ4n) is 2.94. The van der Waals surface area contributed by atoms with Crippen molar-refractivity contribution in [2.45, 2.75) is 40.2 Å². The summed E-state index contributed by atoms with van der Waals surface area (Å²) in [5.74, 6) is 0.188. The van der Waals surface area contributed by atoms with Crippen LogP contribution in [0.15, 0.2) is 27.5 Å². The van der Waals surface area contributed by atoms with E-state index in [1.807, 2.05) is 19.9 Å². The van der Waals surface area contributed by atoms with Crippen molar-refractivity contribution >= 4 is 34.1 Å². The summed E-state index contributed by atoms with van der Waals surface area (Å²) in [7, 11) is 0. The van der Waals surface area contributed by atoms with Gasteiger partial charge in [0.1, 0.15) is 11.8 Å². The van der Waals surface area contributed by atoms with Crippen LogP contribution in [0.5, 0.6) is 0 Å². The Labute approximate surface area is 154 Å². The predicted octanol–water partition coefficient (Wildman–Crippen LogP) is 3.55. The van der Waals surface area contributed by atoms with E-state index in [1.54, 1.807) is 26.0 Å². The van der Waals surface area contributed by atoms with E-state index in [9.17, 15) is 9.59 Å². The van der Waals surface area contributed by atoms with Gasteiger partial charge in [-0.1, -0.05) is 29.7 Å². The quantitative estimate of drug-likeness (QED) is 0.754. The molecule has 136 valence electrons. The number of hydrogen-bond donors (Lipinski definition) is 1. The van der Waals surface area contributed by atoms with E-state index < -0.39 is 11.6 Å². The first-order valence-electron chi connectivity index (χ1n) is 8.26. The van der Waals surface area contributed by atoms with Crippen LogP contribution in [0.1, 0.15) is 36.4 Å². The van der Waals surface area contributed by atoms with Crippen molar-refractivity contribution in [2.75, 3.05) is 5.32 Å². The maximum Gasteiger partial charge on any atom is 0.297 e. The minimum atomic E-state index is -0.777. The number of fused-ring (bicyclic) bond motifs is 1. The maximum absolute atomic E-state index is 12.8. The molecular formula is C18H19ClN4O3. The first-order chi connectivity index (χ1) is 12.3. The molecule has 3 rings (SSSR count). The van der Waals surface area contributed by atoms with Crippen LogP contribution >= 0.6 is 11.6 Å². The average Bonchev–Trinajstić information content (AvgIpc) is 2.98. The molecule has 1 amide bonds. The van der Waals surface area contributed by atoms with Crippen molar-refractivity contribution in [3.63, 3.8) is 0 Å². The van der Waals surface area contributed by atoms with Gasteiger partial charge in [0, 0.05) is 10.7 Å². The first kappa shape index (κ1) is 18.1. The number of aryl methyl sites for hydroxylation is 3. The average molecular weight is 375 g/mol. The topological polar surface area (TPSA) is 90.0 Å². The molecule has 2 heterocycles. The highest BCUT2D eigenvalue weighted by atomic mass is 35.5. The zero-order chi connectivity index (χ0) is 19.0. The highest BCUT2D eigenvalue weighted by Gasteiger charge is 2.25. The first-order valence-corrected chi connectivity index (χ1v) is 8.63. The largest absolute Gasteiger partial charge is 0.360 e. The van der Waals surface area contributed by atoms with Crippen molar-refractivity contribution in [2.24, 2.45) is 0 Å². The fourth-order valence-corrected chi connectivity index (χ4v) is 3.11.